The van der Waals surface area contributed by atoms with E-state index in [2.05, 4.69) is 15.3 Å². The first kappa shape index (κ1) is 21.4. The zero-order valence-corrected chi connectivity index (χ0v) is 16.7. The van der Waals surface area contributed by atoms with Crippen molar-refractivity contribution < 1.29 is 19.8 Å². The van der Waals surface area contributed by atoms with Gasteiger partial charge in [0.25, 0.3) is 5.91 Å². The summed E-state index contributed by atoms with van der Waals surface area (Å²) >= 11 is 5.92. The number of nitrogens with one attached hydrogen (secondary N) is 1. The molecule has 30 heavy (non-hydrogen) atoms. The van der Waals surface area contributed by atoms with Gasteiger partial charge in [-0.3, -0.25) is 19.6 Å². The minimum Gasteiger partial charge on any atom is -0.508 e. The van der Waals surface area contributed by atoms with Gasteiger partial charge in [-0.2, -0.15) is 0 Å². The number of ketones is 1. The molecular formula is C22H20ClN3O4. The SMILES string of the molecule is O=C(Cc1ccnc(C(=O)NC(CO)c2ccccn2)c1)Cc1cc(Cl)ccc1O. The highest BCUT2D eigenvalue weighted by atomic mass is 35.5. The monoisotopic (exact) mass is 425 g/mol. The van der Waals surface area contributed by atoms with Gasteiger partial charge in [0.1, 0.15) is 17.2 Å². The van der Waals surface area contributed by atoms with Gasteiger partial charge in [0.05, 0.1) is 18.3 Å². The molecule has 3 N–H and O–H groups in total. The van der Waals surface area contributed by atoms with E-state index < -0.39 is 11.9 Å². The Bertz CT molecular complexity index is 1040. The third kappa shape index (κ3) is 5.62. The summed E-state index contributed by atoms with van der Waals surface area (Å²) in [6, 6.07) is 12.2. The Morgan fingerprint density at radius 1 is 1.03 bits per heavy atom. The van der Waals surface area contributed by atoms with Gasteiger partial charge in [-0.1, -0.05) is 17.7 Å². The molecule has 1 amide bonds. The van der Waals surface area contributed by atoms with Crippen molar-refractivity contribution in [2.24, 2.45) is 0 Å². The Labute approximate surface area is 178 Å². The van der Waals surface area contributed by atoms with E-state index >= 15 is 0 Å². The van der Waals surface area contributed by atoms with Gasteiger partial charge in [0, 0.05) is 35.8 Å². The molecule has 3 aromatic rings. The number of aliphatic hydroxyl groups is 1. The van der Waals surface area contributed by atoms with E-state index in [4.69, 9.17) is 11.6 Å². The van der Waals surface area contributed by atoms with Gasteiger partial charge in [0.15, 0.2) is 0 Å². The summed E-state index contributed by atoms with van der Waals surface area (Å²) in [5.41, 5.74) is 1.71. The molecule has 1 atom stereocenters. The van der Waals surface area contributed by atoms with Gasteiger partial charge in [-0.15, -0.1) is 0 Å². The summed E-state index contributed by atoms with van der Waals surface area (Å²) in [6.07, 6.45) is 3.11. The van der Waals surface area contributed by atoms with Crippen LogP contribution >= 0.6 is 11.6 Å². The van der Waals surface area contributed by atoms with Crippen LogP contribution in [0.2, 0.25) is 5.02 Å². The number of hydrogen-bond donors (Lipinski definition) is 3. The number of phenolic OH excluding ortho intramolecular Hbond substituents is 1. The summed E-state index contributed by atoms with van der Waals surface area (Å²) < 4.78 is 0. The van der Waals surface area contributed by atoms with Crippen LogP contribution in [0.15, 0.2) is 60.9 Å². The molecule has 2 aromatic heterocycles. The van der Waals surface area contributed by atoms with Crippen molar-refractivity contribution >= 4 is 23.3 Å². The summed E-state index contributed by atoms with van der Waals surface area (Å²) in [7, 11) is 0. The van der Waals surface area contributed by atoms with Gasteiger partial charge in [-0.05, 0) is 48.0 Å². The fraction of sp³-hybridized carbons (Fsp3) is 0.182. The summed E-state index contributed by atoms with van der Waals surface area (Å²) in [5.74, 6) is -0.625. The van der Waals surface area contributed by atoms with Crippen LogP contribution in [0.4, 0.5) is 0 Å². The Balaban J connectivity index is 1.67. The van der Waals surface area contributed by atoms with Crippen molar-refractivity contribution in [3.05, 3.63) is 88.5 Å². The first-order valence-electron chi connectivity index (χ1n) is 9.23. The maximum atomic E-state index is 12.6. The highest BCUT2D eigenvalue weighted by Gasteiger charge is 2.17. The molecule has 0 aliphatic heterocycles. The van der Waals surface area contributed by atoms with Gasteiger partial charge in [-0.25, -0.2) is 0 Å². The van der Waals surface area contributed by atoms with Crippen molar-refractivity contribution in [2.45, 2.75) is 18.9 Å². The number of phenols is 1. The molecule has 8 heteroatoms. The predicted octanol–water partition coefficient (Wildman–Crippen LogP) is 2.65. The van der Waals surface area contributed by atoms with E-state index in [0.717, 1.165) is 0 Å². The van der Waals surface area contributed by atoms with Crippen LogP contribution < -0.4 is 5.32 Å². The molecule has 154 valence electrons. The highest BCUT2D eigenvalue weighted by molar-refractivity contribution is 6.30. The fourth-order valence-corrected chi connectivity index (χ4v) is 3.13. The first-order chi connectivity index (χ1) is 14.5. The lowest BCUT2D eigenvalue weighted by Crippen LogP contribution is -2.32. The van der Waals surface area contributed by atoms with Crippen molar-refractivity contribution in [1.82, 2.24) is 15.3 Å². The predicted molar refractivity (Wildman–Crippen MR) is 111 cm³/mol. The third-order valence-corrected chi connectivity index (χ3v) is 4.66. The number of hydrogen-bond acceptors (Lipinski definition) is 6. The van der Waals surface area contributed by atoms with Crippen molar-refractivity contribution in [3.8, 4) is 5.75 Å². The van der Waals surface area contributed by atoms with Crippen LogP contribution in [0.3, 0.4) is 0 Å². The quantitative estimate of drug-likeness (QED) is 0.511. The van der Waals surface area contributed by atoms with E-state index in [1.54, 1.807) is 42.6 Å². The molecule has 0 spiro atoms. The molecule has 1 unspecified atom stereocenters. The second kappa shape index (κ2) is 9.96. The maximum Gasteiger partial charge on any atom is 0.270 e. The number of amides is 1. The van der Waals surface area contributed by atoms with Crippen LogP contribution in [0, 0.1) is 0 Å². The second-order valence-corrected chi connectivity index (χ2v) is 7.11. The maximum absolute atomic E-state index is 12.6. The molecule has 0 aliphatic carbocycles. The number of carbonyl (C=O) groups is 2. The largest absolute Gasteiger partial charge is 0.508 e. The van der Waals surface area contributed by atoms with Crippen LogP contribution in [0.1, 0.15) is 33.4 Å². The summed E-state index contributed by atoms with van der Waals surface area (Å²) in [6.45, 7) is -0.315. The Morgan fingerprint density at radius 3 is 2.60 bits per heavy atom. The number of halogens is 1. The van der Waals surface area contributed by atoms with Gasteiger partial charge < -0.3 is 15.5 Å². The van der Waals surface area contributed by atoms with E-state index in [0.29, 0.717) is 21.8 Å². The number of aromatic hydroxyl groups is 1. The number of Topliss-reactive ketones (excluding diaryl/α,β-unsaturated/α-hetero) is 1. The number of aliphatic hydroxyl groups excluding tert-OH is 1. The normalized spacial score (nSPS) is 11.7. The molecule has 2 heterocycles. The number of pyridine rings is 2. The second-order valence-electron chi connectivity index (χ2n) is 6.68. The van der Waals surface area contributed by atoms with Gasteiger partial charge >= 0.3 is 0 Å². The molecule has 0 aliphatic rings. The molecule has 0 saturated heterocycles. The minimum atomic E-state index is -0.670. The molecule has 0 saturated carbocycles. The Hall–Kier alpha value is -3.29. The van der Waals surface area contributed by atoms with E-state index in [9.17, 15) is 19.8 Å². The molecular weight excluding hydrogens is 406 g/mol. The molecule has 7 nitrogen and oxygen atoms in total. The van der Waals surface area contributed by atoms with Gasteiger partial charge in [0.2, 0.25) is 0 Å². The van der Waals surface area contributed by atoms with Crippen molar-refractivity contribution in [1.29, 1.82) is 0 Å². The van der Waals surface area contributed by atoms with Crippen LogP contribution in [0.5, 0.6) is 5.75 Å². The average molecular weight is 426 g/mol. The molecule has 0 radical (unpaired) electrons. The van der Waals surface area contributed by atoms with Crippen molar-refractivity contribution in [2.75, 3.05) is 6.61 Å². The summed E-state index contributed by atoms with van der Waals surface area (Å²) in [4.78, 5) is 33.2. The van der Waals surface area contributed by atoms with E-state index in [-0.39, 0.29) is 36.7 Å². The topological polar surface area (TPSA) is 112 Å². The highest BCUT2D eigenvalue weighted by Crippen LogP contribution is 2.22. The molecule has 0 fully saturated rings. The molecule has 0 bridgehead atoms. The lowest BCUT2D eigenvalue weighted by atomic mass is 10.0. The van der Waals surface area contributed by atoms with Crippen LogP contribution in [-0.2, 0) is 17.6 Å². The lowest BCUT2D eigenvalue weighted by molar-refractivity contribution is -0.117. The van der Waals surface area contributed by atoms with Crippen molar-refractivity contribution in [3.63, 3.8) is 0 Å². The summed E-state index contributed by atoms with van der Waals surface area (Å²) in [5, 5.41) is 22.6. The fourth-order valence-electron chi connectivity index (χ4n) is 2.93. The smallest absolute Gasteiger partial charge is 0.270 e. The standard InChI is InChI=1S/C22H20ClN3O4/c23-16-4-5-21(29)15(11-16)12-17(28)9-14-6-8-25-19(10-14)22(30)26-20(13-27)18-3-1-2-7-24-18/h1-8,10-11,20,27,29H,9,12-13H2,(H,26,30). The lowest BCUT2D eigenvalue weighted by Gasteiger charge is -2.15. The third-order valence-electron chi connectivity index (χ3n) is 4.42. The average Bonchev–Trinajstić information content (AvgIpc) is 2.75. The number of nitrogens with zero attached hydrogens (tertiary/aromatic N) is 2. The van der Waals surface area contributed by atoms with Crippen LogP contribution in [-0.4, -0.2) is 38.5 Å². The molecule has 3 rings (SSSR count). The first-order valence-corrected chi connectivity index (χ1v) is 9.60. The number of rotatable bonds is 8. The zero-order chi connectivity index (χ0) is 21.5. The zero-order valence-electron chi connectivity index (χ0n) is 16.0. The minimum absolute atomic E-state index is 0.00659. The number of benzene rings is 1. The van der Waals surface area contributed by atoms with Crippen LogP contribution in [0.25, 0.3) is 0 Å². The number of aromatic nitrogens is 2. The van der Waals surface area contributed by atoms with E-state index in [1.165, 1.54) is 18.3 Å². The van der Waals surface area contributed by atoms with E-state index in [1.807, 2.05) is 0 Å². The molecule has 1 aromatic carbocycles. The Kier molecular flexibility index (Phi) is 7.11. The number of carbonyl (C=O) groups excluding carboxylic acids is 2. The Morgan fingerprint density at radius 2 is 1.87 bits per heavy atom.